The van der Waals surface area contributed by atoms with Crippen molar-refractivity contribution < 1.29 is 9.52 Å². The van der Waals surface area contributed by atoms with Crippen molar-refractivity contribution in [2.75, 3.05) is 0 Å². The first-order valence-corrected chi connectivity index (χ1v) is 5.87. The lowest BCUT2D eigenvalue weighted by atomic mass is 10.1. The van der Waals surface area contributed by atoms with Crippen LogP contribution in [-0.4, -0.2) is 10.1 Å². The highest BCUT2D eigenvalue weighted by atomic mass is 16.4. The maximum Gasteiger partial charge on any atom is 0.135 e. The third-order valence-corrected chi connectivity index (χ3v) is 2.95. The largest absolute Gasteiger partial charge is 0.458 e. The molecule has 3 aromatic rings. The van der Waals surface area contributed by atoms with Gasteiger partial charge < -0.3 is 9.52 Å². The number of aliphatic hydroxyl groups is 1. The van der Waals surface area contributed by atoms with Crippen LogP contribution in [0.4, 0.5) is 0 Å². The summed E-state index contributed by atoms with van der Waals surface area (Å²) in [5.74, 6) is 1.33. The fourth-order valence-electron chi connectivity index (χ4n) is 2.04. The number of pyridine rings is 1. The molecular formula is C15H13NO2. The Bertz CT molecular complexity index is 680. The molecule has 0 radical (unpaired) electrons. The number of aliphatic hydroxyl groups excluding tert-OH is 1. The van der Waals surface area contributed by atoms with Gasteiger partial charge in [-0.15, -0.1) is 0 Å². The topological polar surface area (TPSA) is 46.3 Å². The standard InChI is InChI=1S/C15H13NO2/c1-10(17)14-7-8-15(18-14)12-4-2-6-13-11(12)5-3-9-16-13/h2-10,17H,1H3. The van der Waals surface area contributed by atoms with Gasteiger partial charge in [-0.2, -0.15) is 0 Å². The summed E-state index contributed by atoms with van der Waals surface area (Å²) in [6.45, 7) is 1.69. The van der Waals surface area contributed by atoms with Crippen LogP contribution in [0.15, 0.2) is 53.1 Å². The van der Waals surface area contributed by atoms with Gasteiger partial charge in [-0.1, -0.05) is 18.2 Å². The molecule has 0 saturated carbocycles. The summed E-state index contributed by atoms with van der Waals surface area (Å²) < 4.78 is 5.66. The van der Waals surface area contributed by atoms with Crippen molar-refractivity contribution >= 4 is 10.9 Å². The Balaban J connectivity index is 2.18. The van der Waals surface area contributed by atoms with Crippen molar-refractivity contribution in [3.05, 3.63) is 54.4 Å². The van der Waals surface area contributed by atoms with Crippen LogP contribution in [-0.2, 0) is 0 Å². The molecule has 0 aliphatic rings. The Morgan fingerprint density at radius 3 is 2.78 bits per heavy atom. The van der Waals surface area contributed by atoms with E-state index in [0.29, 0.717) is 5.76 Å². The summed E-state index contributed by atoms with van der Waals surface area (Å²) in [5, 5.41) is 10.5. The molecule has 1 aromatic carbocycles. The monoisotopic (exact) mass is 239 g/mol. The minimum absolute atomic E-state index is 0.575. The fourth-order valence-corrected chi connectivity index (χ4v) is 2.04. The quantitative estimate of drug-likeness (QED) is 0.743. The predicted molar refractivity (Wildman–Crippen MR) is 70.1 cm³/mol. The molecule has 0 spiro atoms. The van der Waals surface area contributed by atoms with E-state index >= 15 is 0 Å². The van der Waals surface area contributed by atoms with E-state index in [9.17, 15) is 5.11 Å². The lowest BCUT2D eigenvalue weighted by Crippen LogP contribution is -1.86. The Morgan fingerprint density at radius 2 is 2.00 bits per heavy atom. The molecule has 1 unspecified atom stereocenters. The zero-order valence-electron chi connectivity index (χ0n) is 10.00. The van der Waals surface area contributed by atoms with Crippen molar-refractivity contribution in [3.8, 4) is 11.3 Å². The van der Waals surface area contributed by atoms with Crippen LogP contribution >= 0.6 is 0 Å². The minimum Gasteiger partial charge on any atom is -0.458 e. The third kappa shape index (κ3) is 1.79. The molecule has 0 aliphatic carbocycles. The van der Waals surface area contributed by atoms with Crippen molar-refractivity contribution in [1.82, 2.24) is 4.98 Å². The molecule has 18 heavy (non-hydrogen) atoms. The van der Waals surface area contributed by atoms with Gasteiger partial charge in [-0.05, 0) is 31.2 Å². The lowest BCUT2D eigenvalue weighted by Gasteiger charge is -2.03. The second kappa shape index (κ2) is 4.27. The number of rotatable bonds is 2. The molecule has 0 saturated heterocycles. The highest BCUT2D eigenvalue weighted by Crippen LogP contribution is 2.30. The minimum atomic E-state index is -0.591. The molecule has 3 heteroatoms. The molecule has 0 fully saturated rings. The van der Waals surface area contributed by atoms with Crippen molar-refractivity contribution in [1.29, 1.82) is 0 Å². The van der Waals surface area contributed by atoms with E-state index in [1.807, 2.05) is 36.4 Å². The van der Waals surface area contributed by atoms with Gasteiger partial charge in [-0.25, -0.2) is 0 Å². The Kier molecular flexibility index (Phi) is 2.61. The summed E-state index contributed by atoms with van der Waals surface area (Å²) in [6, 6.07) is 13.5. The third-order valence-electron chi connectivity index (χ3n) is 2.95. The van der Waals surface area contributed by atoms with Crippen LogP contribution in [0.25, 0.3) is 22.2 Å². The van der Waals surface area contributed by atoms with E-state index in [2.05, 4.69) is 4.98 Å². The summed E-state index contributed by atoms with van der Waals surface area (Å²) in [4.78, 5) is 4.32. The van der Waals surface area contributed by atoms with Gasteiger partial charge in [0.25, 0.3) is 0 Å². The van der Waals surface area contributed by atoms with Crippen LogP contribution in [0.1, 0.15) is 18.8 Å². The average Bonchev–Trinajstić information content (AvgIpc) is 2.87. The van der Waals surface area contributed by atoms with Gasteiger partial charge in [0.2, 0.25) is 0 Å². The van der Waals surface area contributed by atoms with Crippen molar-refractivity contribution in [2.45, 2.75) is 13.0 Å². The number of nitrogens with zero attached hydrogens (tertiary/aromatic N) is 1. The van der Waals surface area contributed by atoms with Crippen molar-refractivity contribution in [2.24, 2.45) is 0 Å². The number of benzene rings is 1. The van der Waals surface area contributed by atoms with E-state index in [1.54, 1.807) is 19.2 Å². The molecular weight excluding hydrogens is 226 g/mol. The molecule has 0 bridgehead atoms. The number of furan rings is 1. The van der Waals surface area contributed by atoms with E-state index < -0.39 is 6.10 Å². The Hall–Kier alpha value is -2.13. The summed E-state index contributed by atoms with van der Waals surface area (Å²) in [7, 11) is 0. The lowest BCUT2D eigenvalue weighted by molar-refractivity contribution is 0.170. The van der Waals surface area contributed by atoms with Crippen LogP contribution < -0.4 is 0 Å². The molecule has 0 aliphatic heterocycles. The van der Waals surface area contributed by atoms with Gasteiger partial charge in [0.15, 0.2) is 0 Å². The second-order valence-electron chi connectivity index (χ2n) is 4.25. The summed E-state index contributed by atoms with van der Waals surface area (Å²) in [6.07, 6.45) is 1.18. The van der Waals surface area contributed by atoms with E-state index in [-0.39, 0.29) is 0 Å². The Labute approximate surface area is 105 Å². The highest BCUT2D eigenvalue weighted by Gasteiger charge is 2.11. The van der Waals surface area contributed by atoms with Gasteiger partial charge >= 0.3 is 0 Å². The van der Waals surface area contributed by atoms with Crippen LogP contribution in [0, 0.1) is 0 Å². The fraction of sp³-hybridized carbons (Fsp3) is 0.133. The second-order valence-corrected chi connectivity index (χ2v) is 4.25. The number of fused-ring (bicyclic) bond motifs is 1. The predicted octanol–water partition coefficient (Wildman–Crippen LogP) is 3.55. The molecule has 1 N–H and O–H groups in total. The van der Waals surface area contributed by atoms with Gasteiger partial charge in [0.1, 0.15) is 17.6 Å². The normalized spacial score (nSPS) is 12.8. The Morgan fingerprint density at radius 1 is 1.11 bits per heavy atom. The first-order chi connectivity index (χ1) is 8.75. The molecule has 90 valence electrons. The number of aromatic nitrogens is 1. The number of hydrogen-bond donors (Lipinski definition) is 1. The average molecular weight is 239 g/mol. The van der Waals surface area contributed by atoms with Gasteiger partial charge in [-0.3, -0.25) is 4.98 Å². The number of hydrogen-bond acceptors (Lipinski definition) is 3. The van der Waals surface area contributed by atoms with E-state index in [0.717, 1.165) is 22.2 Å². The maximum absolute atomic E-state index is 9.49. The SMILES string of the molecule is CC(O)c1ccc(-c2cccc3ncccc23)o1. The van der Waals surface area contributed by atoms with Crippen LogP contribution in [0.5, 0.6) is 0 Å². The first-order valence-electron chi connectivity index (χ1n) is 5.87. The van der Waals surface area contributed by atoms with Gasteiger partial charge in [0.05, 0.1) is 5.52 Å². The molecule has 2 aromatic heterocycles. The van der Waals surface area contributed by atoms with Crippen LogP contribution in [0.3, 0.4) is 0 Å². The van der Waals surface area contributed by atoms with E-state index in [4.69, 9.17) is 4.42 Å². The molecule has 3 nitrogen and oxygen atoms in total. The smallest absolute Gasteiger partial charge is 0.135 e. The zero-order valence-corrected chi connectivity index (χ0v) is 10.00. The molecule has 3 rings (SSSR count). The first kappa shape index (κ1) is 11.0. The highest BCUT2D eigenvalue weighted by molar-refractivity contribution is 5.93. The summed E-state index contributed by atoms with van der Waals surface area (Å²) in [5.41, 5.74) is 1.93. The molecule has 0 amide bonds. The summed E-state index contributed by atoms with van der Waals surface area (Å²) >= 11 is 0. The maximum atomic E-state index is 9.49. The van der Waals surface area contributed by atoms with E-state index in [1.165, 1.54) is 0 Å². The molecule has 1 atom stereocenters. The van der Waals surface area contributed by atoms with Gasteiger partial charge in [0, 0.05) is 17.1 Å². The van der Waals surface area contributed by atoms with Crippen LogP contribution in [0.2, 0.25) is 0 Å². The zero-order chi connectivity index (χ0) is 12.5. The van der Waals surface area contributed by atoms with Crippen molar-refractivity contribution in [3.63, 3.8) is 0 Å². The molecule has 2 heterocycles.